The Bertz CT molecular complexity index is 578. The van der Waals surface area contributed by atoms with Crippen LogP contribution in [0.2, 0.25) is 5.02 Å². The van der Waals surface area contributed by atoms with Gasteiger partial charge in [-0.05, 0) is 49.6 Å². The predicted octanol–water partition coefficient (Wildman–Crippen LogP) is 3.99. The van der Waals surface area contributed by atoms with Crippen molar-refractivity contribution in [1.82, 2.24) is 4.90 Å². The normalized spacial score (nSPS) is 17.9. The summed E-state index contributed by atoms with van der Waals surface area (Å²) in [4.78, 5) is 2.45. The Labute approximate surface area is 130 Å². The van der Waals surface area contributed by atoms with Crippen molar-refractivity contribution in [2.75, 3.05) is 0 Å². The quantitative estimate of drug-likeness (QED) is 0.877. The number of rotatable bonds is 6. The number of benzene rings is 1. The van der Waals surface area contributed by atoms with Gasteiger partial charge < -0.3 is 10.2 Å². The highest BCUT2D eigenvalue weighted by Gasteiger charge is 2.36. The number of halogens is 1. The Kier molecular flexibility index (Phi) is 4.34. The summed E-state index contributed by atoms with van der Waals surface area (Å²) in [5.74, 6) is 0.981. The Morgan fingerprint density at radius 1 is 1.33 bits per heavy atom. The molecule has 112 valence electrons. The van der Waals surface area contributed by atoms with Gasteiger partial charge in [-0.2, -0.15) is 0 Å². The van der Waals surface area contributed by atoms with Crippen LogP contribution in [0.4, 0.5) is 0 Å². The molecule has 0 radical (unpaired) electrons. The summed E-state index contributed by atoms with van der Waals surface area (Å²) in [5, 5.41) is 0.756. The van der Waals surface area contributed by atoms with Crippen LogP contribution in [-0.2, 0) is 6.54 Å². The van der Waals surface area contributed by atoms with Crippen molar-refractivity contribution in [1.29, 1.82) is 0 Å². The molecule has 1 heterocycles. The molecule has 0 saturated heterocycles. The number of hydrogen-bond donors (Lipinski definition) is 1. The van der Waals surface area contributed by atoms with Crippen LogP contribution in [0, 0.1) is 0 Å². The fourth-order valence-corrected chi connectivity index (χ4v) is 3.13. The SMILES string of the molecule is CC(N)C(c1cccc(Cl)c1)N(Cc1ccco1)C1CC1. The third-order valence-corrected chi connectivity index (χ3v) is 4.22. The van der Waals surface area contributed by atoms with Crippen LogP contribution in [-0.4, -0.2) is 17.0 Å². The van der Waals surface area contributed by atoms with Gasteiger partial charge in [-0.1, -0.05) is 23.7 Å². The van der Waals surface area contributed by atoms with E-state index < -0.39 is 0 Å². The van der Waals surface area contributed by atoms with Crippen LogP contribution >= 0.6 is 11.6 Å². The summed E-state index contributed by atoms with van der Waals surface area (Å²) in [7, 11) is 0. The van der Waals surface area contributed by atoms with E-state index >= 15 is 0 Å². The van der Waals surface area contributed by atoms with Gasteiger partial charge in [0, 0.05) is 17.1 Å². The van der Waals surface area contributed by atoms with E-state index in [1.807, 2.05) is 30.3 Å². The molecule has 2 atom stereocenters. The average Bonchev–Trinajstić information content (AvgIpc) is 3.16. The zero-order chi connectivity index (χ0) is 14.8. The van der Waals surface area contributed by atoms with Crippen molar-refractivity contribution in [2.24, 2.45) is 5.73 Å². The van der Waals surface area contributed by atoms with Crippen molar-refractivity contribution in [3.63, 3.8) is 0 Å². The summed E-state index contributed by atoms with van der Waals surface area (Å²) >= 11 is 6.16. The summed E-state index contributed by atoms with van der Waals surface area (Å²) < 4.78 is 5.52. The molecule has 21 heavy (non-hydrogen) atoms. The number of nitrogens with two attached hydrogens (primary N) is 1. The minimum Gasteiger partial charge on any atom is -0.468 e. The minimum atomic E-state index is 0.0269. The fourth-order valence-electron chi connectivity index (χ4n) is 2.93. The van der Waals surface area contributed by atoms with Crippen molar-refractivity contribution >= 4 is 11.6 Å². The highest BCUT2D eigenvalue weighted by Crippen LogP contribution is 2.37. The van der Waals surface area contributed by atoms with E-state index in [2.05, 4.69) is 17.9 Å². The second-order valence-electron chi connectivity index (χ2n) is 5.84. The van der Waals surface area contributed by atoms with E-state index in [0.717, 1.165) is 17.3 Å². The molecule has 1 aromatic heterocycles. The van der Waals surface area contributed by atoms with Crippen LogP contribution in [0.1, 0.15) is 37.1 Å². The second kappa shape index (κ2) is 6.22. The summed E-state index contributed by atoms with van der Waals surface area (Å²) in [6, 6.07) is 12.7. The van der Waals surface area contributed by atoms with E-state index in [9.17, 15) is 0 Å². The van der Waals surface area contributed by atoms with E-state index in [-0.39, 0.29) is 12.1 Å². The first-order valence-electron chi connectivity index (χ1n) is 7.44. The van der Waals surface area contributed by atoms with Crippen LogP contribution in [0.3, 0.4) is 0 Å². The van der Waals surface area contributed by atoms with Crippen molar-refractivity contribution in [3.05, 3.63) is 59.0 Å². The van der Waals surface area contributed by atoms with E-state index in [1.54, 1.807) is 6.26 Å². The number of furan rings is 1. The Balaban J connectivity index is 1.89. The van der Waals surface area contributed by atoms with E-state index in [4.69, 9.17) is 21.8 Å². The molecule has 1 aromatic carbocycles. The first-order chi connectivity index (χ1) is 10.1. The van der Waals surface area contributed by atoms with Gasteiger partial charge in [0.25, 0.3) is 0 Å². The Hall–Kier alpha value is -1.29. The summed E-state index contributed by atoms with van der Waals surface area (Å²) in [6.45, 7) is 2.85. The molecule has 2 aromatic rings. The molecule has 4 heteroatoms. The van der Waals surface area contributed by atoms with Crippen molar-refractivity contribution in [2.45, 2.75) is 44.4 Å². The lowest BCUT2D eigenvalue weighted by Gasteiger charge is -2.34. The van der Waals surface area contributed by atoms with E-state index in [1.165, 1.54) is 18.4 Å². The highest BCUT2D eigenvalue weighted by atomic mass is 35.5. The van der Waals surface area contributed by atoms with Gasteiger partial charge in [0.2, 0.25) is 0 Å². The van der Waals surface area contributed by atoms with Gasteiger partial charge in [0.15, 0.2) is 0 Å². The highest BCUT2D eigenvalue weighted by molar-refractivity contribution is 6.30. The smallest absolute Gasteiger partial charge is 0.117 e. The lowest BCUT2D eigenvalue weighted by atomic mass is 9.98. The predicted molar refractivity (Wildman–Crippen MR) is 85.1 cm³/mol. The lowest BCUT2D eigenvalue weighted by Crippen LogP contribution is -2.40. The van der Waals surface area contributed by atoms with E-state index in [0.29, 0.717) is 6.04 Å². The average molecular weight is 305 g/mol. The molecule has 3 rings (SSSR count). The molecule has 0 spiro atoms. The fraction of sp³-hybridized carbons (Fsp3) is 0.412. The molecule has 1 aliphatic carbocycles. The van der Waals surface area contributed by atoms with Crippen molar-refractivity contribution < 1.29 is 4.42 Å². The van der Waals surface area contributed by atoms with Gasteiger partial charge >= 0.3 is 0 Å². The van der Waals surface area contributed by atoms with Crippen LogP contribution in [0.25, 0.3) is 0 Å². The zero-order valence-electron chi connectivity index (χ0n) is 12.2. The maximum absolute atomic E-state index is 6.30. The molecule has 2 unspecified atom stereocenters. The second-order valence-corrected chi connectivity index (χ2v) is 6.28. The van der Waals surface area contributed by atoms with Gasteiger partial charge in [-0.3, -0.25) is 4.90 Å². The van der Waals surface area contributed by atoms with Crippen LogP contribution in [0.15, 0.2) is 47.1 Å². The third kappa shape index (κ3) is 3.49. The summed E-state index contributed by atoms with van der Waals surface area (Å²) in [5.41, 5.74) is 7.48. The topological polar surface area (TPSA) is 42.4 Å². The monoisotopic (exact) mass is 304 g/mol. The molecule has 0 amide bonds. The molecule has 1 fully saturated rings. The Morgan fingerprint density at radius 2 is 2.14 bits per heavy atom. The standard InChI is InChI=1S/C17H21ClN2O/c1-12(19)17(13-4-2-5-14(18)10-13)20(15-7-8-15)11-16-6-3-9-21-16/h2-6,9-10,12,15,17H,7-8,11,19H2,1H3. The van der Waals surface area contributed by atoms with Gasteiger partial charge in [0.1, 0.15) is 5.76 Å². The minimum absolute atomic E-state index is 0.0269. The number of nitrogens with zero attached hydrogens (tertiary/aromatic N) is 1. The first-order valence-corrected chi connectivity index (χ1v) is 7.82. The molecule has 3 nitrogen and oxygen atoms in total. The molecule has 2 N–H and O–H groups in total. The molecule has 0 aliphatic heterocycles. The molecular formula is C17H21ClN2O. The van der Waals surface area contributed by atoms with Gasteiger partial charge in [0.05, 0.1) is 18.8 Å². The lowest BCUT2D eigenvalue weighted by molar-refractivity contribution is 0.146. The molecule has 1 saturated carbocycles. The van der Waals surface area contributed by atoms with Gasteiger partial charge in [-0.25, -0.2) is 0 Å². The van der Waals surface area contributed by atoms with Crippen molar-refractivity contribution in [3.8, 4) is 0 Å². The van der Waals surface area contributed by atoms with Crippen LogP contribution < -0.4 is 5.73 Å². The molecular weight excluding hydrogens is 284 g/mol. The summed E-state index contributed by atoms with van der Waals surface area (Å²) in [6.07, 6.45) is 4.18. The maximum Gasteiger partial charge on any atom is 0.117 e. The third-order valence-electron chi connectivity index (χ3n) is 3.98. The molecule has 0 bridgehead atoms. The Morgan fingerprint density at radius 3 is 2.71 bits per heavy atom. The van der Waals surface area contributed by atoms with Crippen LogP contribution in [0.5, 0.6) is 0 Å². The number of hydrogen-bond acceptors (Lipinski definition) is 3. The first kappa shape index (κ1) is 14.6. The maximum atomic E-state index is 6.30. The zero-order valence-corrected chi connectivity index (χ0v) is 13.0. The molecule has 1 aliphatic rings. The largest absolute Gasteiger partial charge is 0.468 e. The van der Waals surface area contributed by atoms with Gasteiger partial charge in [-0.15, -0.1) is 0 Å².